The van der Waals surface area contributed by atoms with Crippen LogP contribution in [0.4, 0.5) is 5.69 Å². The zero-order valence-electron chi connectivity index (χ0n) is 18.0. The highest BCUT2D eigenvalue weighted by Gasteiger charge is 2.19. The molecule has 0 spiro atoms. The van der Waals surface area contributed by atoms with E-state index < -0.39 is 0 Å². The molecule has 0 N–H and O–H groups in total. The van der Waals surface area contributed by atoms with Crippen molar-refractivity contribution in [3.05, 3.63) is 59.7 Å². The van der Waals surface area contributed by atoms with Crippen LogP contribution in [0.3, 0.4) is 0 Å². The third kappa shape index (κ3) is 5.08. The lowest BCUT2D eigenvalue weighted by atomic mass is 9.83. The van der Waals surface area contributed by atoms with Crippen LogP contribution in [0.2, 0.25) is 0 Å². The molecular weight excluding hydrogens is 344 g/mol. The first kappa shape index (κ1) is 20.7. The average molecular weight is 381 g/mol. The van der Waals surface area contributed by atoms with Crippen LogP contribution < -0.4 is 9.64 Å². The zero-order valence-corrected chi connectivity index (χ0v) is 18.0. The van der Waals surface area contributed by atoms with Gasteiger partial charge in [0.05, 0.1) is 7.11 Å². The van der Waals surface area contributed by atoms with Crippen molar-refractivity contribution in [3.8, 4) is 5.75 Å². The van der Waals surface area contributed by atoms with E-state index in [9.17, 15) is 0 Å². The van der Waals surface area contributed by atoms with E-state index >= 15 is 0 Å². The molecule has 3 nitrogen and oxygen atoms in total. The number of methoxy groups -OCH3 is 1. The van der Waals surface area contributed by atoms with E-state index in [0.29, 0.717) is 11.8 Å². The molecule has 28 heavy (non-hydrogen) atoms. The van der Waals surface area contributed by atoms with E-state index in [2.05, 4.69) is 79.1 Å². The second kappa shape index (κ2) is 9.97. The smallest absolute Gasteiger partial charge is 0.119 e. The van der Waals surface area contributed by atoms with Crippen LogP contribution in [-0.2, 0) is 6.42 Å². The second-order valence-corrected chi connectivity index (χ2v) is 8.23. The van der Waals surface area contributed by atoms with Crippen molar-refractivity contribution < 1.29 is 4.74 Å². The van der Waals surface area contributed by atoms with Crippen LogP contribution in [0.1, 0.15) is 44.2 Å². The Bertz CT molecular complexity index is 718. The fourth-order valence-electron chi connectivity index (χ4n) is 4.48. The first-order valence-electron chi connectivity index (χ1n) is 10.8. The van der Waals surface area contributed by atoms with Gasteiger partial charge in [0.2, 0.25) is 0 Å². The molecule has 1 aliphatic heterocycles. The molecule has 3 heteroatoms. The number of rotatable bonds is 8. The lowest BCUT2D eigenvalue weighted by Gasteiger charge is -2.36. The Labute approximate surface area is 171 Å². The van der Waals surface area contributed by atoms with Crippen molar-refractivity contribution >= 4 is 5.69 Å². The summed E-state index contributed by atoms with van der Waals surface area (Å²) in [6.45, 7) is 12.6. The minimum Gasteiger partial charge on any atom is -0.497 e. The van der Waals surface area contributed by atoms with E-state index in [1.807, 2.05) is 0 Å². The van der Waals surface area contributed by atoms with Gasteiger partial charge in [-0.05, 0) is 60.1 Å². The van der Waals surface area contributed by atoms with Crippen LogP contribution in [0, 0.1) is 5.92 Å². The van der Waals surface area contributed by atoms with Gasteiger partial charge in [0, 0.05) is 38.4 Å². The van der Waals surface area contributed by atoms with E-state index in [1.165, 1.54) is 12.1 Å². The first-order chi connectivity index (χ1) is 13.6. The van der Waals surface area contributed by atoms with Crippen molar-refractivity contribution in [1.29, 1.82) is 0 Å². The summed E-state index contributed by atoms with van der Waals surface area (Å²) < 4.78 is 5.27. The van der Waals surface area contributed by atoms with E-state index in [0.717, 1.165) is 44.9 Å². The predicted molar refractivity (Wildman–Crippen MR) is 120 cm³/mol. The minimum absolute atomic E-state index is 0.670. The van der Waals surface area contributed by atoms with Crippen LogP contribution in [-0.4, -0.2) is 44.7 Å². The number of hydrogen-bond acceptors (Lipinski definition) is 3. The molecule has 2 aromatic rings. The minimum atomic E-state index is 0.670. The van der Waals surface area contributed by atoms with Gasteiger partial charge in [-0.1, -0.05) is 45.0 Å². The molecule has 0 radical (unpaired) electrons. The SMILES string of the molecule is CCC(c1ccccc1CCN1CCN(c2ccc(OC)cc2)CC1)C(C)C. The van der Waals surface area contributed by atoms with Crippen molar-refractivity contribution in [2.75, 3.05) is 44.7 Å². The Hall–Kier alpha value is -2.00. The third-order valence-corrected chi connectivity index (χ3v) is 6.21. The van der Waals surface area contributed by atoms with Crippen molar-refractivity contribution in [2.24, 2.45) is 5.92 Å². The van der Waals surface area contributed by atoms with Gasteiger partial charge >= 0.3 is 0 Å². The molecule has 1 saturated heterocycles. The van der Waals surface area contributed by atoms with Gasteiger partial charge in [-0.25, -0.2) is 0 Å². The summed E-state index contributed by atoms with van der Waals surface area (Å²) in [5.74, 6) is 2.29. The van der Waals surface area contributed by atoms with E-state index in [1.54, 1.807) is 18.2 Å². The summed E-state index contributed by atoms with van der Waals surface area (Å²) in [5.41, 5.74) is 4.41. The largest absolute Gasteiger partial charge is 0.497 e. The average Bonchev–Trinajstić information content (AvgIpc) is 2.74. The summed E-state index contributed by atoms with van der Waals surface area (Å²) in [5, 5.41) is 0. The van der Waals surface area contributed by atoms with Gasteiger partial charge in [0.15, 0.2) is 0 Å². The molecule has 1 aliphatic rings. The molecule has 0 aliphatic carbocycles. The molecule has 1 unspecified atom stereocenters. The zero-order chi connectivity index (χ0) is 19.9. The van der Waals surface area contributed by atoms with Gasteiger partial charge in [0.1, 0.15) is 5.75 Å². The van der Waals surface area contributed by atoms with Crippen LogP contribution >= 0.6 is 0 Å². The molecule has 152 valence electrons. The Morgan fingerprint density at radius 3 is 2.21 bits per heavy atom. The topological polar surface area (TPSA) is 15.7 Å². The lowest BCUT2D eigenvalue weighted by Crippen LogP contribution is -2.47. The summed E-state index contributed by atoms with van der Waals surface area (Å²) in [6, 6.07) is 17.5. The summed E-state index contributed by atoms with van der Waals surface area (Å²) >= 11 is 0. The van der Waals surface area contributed by atoms with Gasteiger partial charge in [-0.15, -0.1) is 0 Å². The fraction of sp³-hybridized carbons (Fsp3) is 0.520. The molecule has 3 rings (SSSR count). The summed E-state index contributed by atoms with van der Waals surface area (Å²) in [7, 11) is 1.72. The molecular formula is C25H36N2O. The summed E-state index contributed by atoms with van der Waals surface area (Å²) in [4.78, 5) is 5.10. The van der Waals surface area contributed by atoms with E-state index in [-0.39, 0.29) is 0 Å². The van der Waals surface area contributed by atoms with Crippen molar-refractivity contribution in [2.45, 2.75) is 39.5 Å². The first-order valence-corrected chi connectivity index (χ1v) is 10.8. The number of piperazine rings is 1. The highest BCUT2D eigenvalue weighted by atomic mass is 16.5. The maximum absolute atomic E-state index is 5.27. The maximum atomic E-state index is 5.27. The van der Waals surface area contributed by atoms with Gasteiger partial charge in [0.25, 0.3) is 0 Å². The number of ether oxygens (including phenoxy) is 1. The van der Waals surface area contributed by atoms with Crippen LogP contribution in [0.25, 0.3) is 0 Å². The predicted octanol–water partition coefficient (Wildman–Crippen LogP) is 5.21. The van der Waals surface area contributed by atoms with E-state index in [4.69, 9.17) is 4.74 Å². The number of anilines is 1. The number of nitrogens with zero attached hydrogens (tertiary/aromatic N) is 2. The Morgan fingerprint density at radius 1 is 0.929 bits per heavy atom. The Morgan fingerprint density at radius 2 is 1.61 bits per heavy atom. The second-order valence-electron chi connectivity index (χ2n) is 8.23. The number of hydrogen-bond donors (Lipinski definition) is 0. The van der Waals surface area contributed by atoms with Crippen molar-refractivity contribution in [1.82, 2.24) is 4.90 Å². The Balaban J connectivity index is 1.54. The molecule has 1 atom stereocenters. The van der Waals surface area contributed by atoms with Crippen LogP contribution in [0.15, 0.2) is 48.5 Å². The monoisotopic (exact) mass is 380 g/mol. The normalized spacial score (nSPS) is 16.4. The van der Waals surface area contributed by atoms with Crippen LogP contribution in [0.5, 0.6) is 5.75 Å². The maximum Gasteiger partial charge on any atom is 0.119 e. The summed E-state index contributed by atoms with van der Waals surface area (Å²) in [6.07, 6.45) is 2.37. The number of benzene rings is 2. The third-order valence-electron chi connectivity index (χ3n) is 6.21. The van der Waals surface area contributed by atoms with Gasteiger partial charge < -0.3 is 9.64 Å². The van der Waals surface area contributed by atoms with Crippen molar-refractivity contribution in [3.63, 3.8) is 0 Å². The fourth-order valence-corrected chi connectivity index (χ4v) is 4.48. The highest BCUT2D eigenvalue weighted by molar-refractivity contribution is 5.49. The Kier molecular flexibility index (Phi) is 7.38. The molecule has 0 bridgehead atoms. The molecule has 0 aromatic heterocycles. The van der Waals surface area contributed by atoms with Gasteiger partial charge in [-0.3, -0.25) is 4.90 Å². The van der Waals surface area contributed by atoms with Gasteiger partial charge in [-0.2, -0.15) is 0 Å². The molecule has 2 aromatic carbocycles. The molecule has 0 amide bonds. The molecule has 1 heterocycles. The quantitative estimate of drug-likeness (QED) is 0.625. The standard InChI is InChI=1S/C25H36N2O/c1-5-24(20(2)3)25-9-7-6-8-21(25)14-15-26-16-18-27(19-17-26)22-10-12-23(28-4)13-11-22/h6-13,20,24H,5,14-19H2,1-4H3. The highest BCUT2D eigenvalue weighted by Crippen LogP contribution is 2.30. The molecule has 1 fully saturated rings. The lowest BCUT2D eigenvalue weighted by molar-refractivity contribution is 0.260. The molecule has 0 saturated carbocycles.